The molecule has 4 aromatic rings. The van der Waals surface area contributed by atoms with Crippen molar-refractivity contribution in [3.05, 3.63) is 119 Å². The van der Waals surface area contributed by atoms with Crippen molar-refractivity contribution in [3.63, 3.8) is 0 Å². The van der Waals surface area contributed by atoms with Gasteiger partial charge in [-0.1, -0.05) is 97.1 Å². The summed E-state index contributed by atoms with van der Waals surface area (Å²) in [7, 11) is 0. The number of carbonyl (C=O) groups excluding carboxylic acids is 2. The molecule has 0 spiro atoms. The molecule has 6 rings (SSSR count). The summed E-state index contributed by atoms with van der Waals surface area (Å²) < 4.78 is 72.1. The van der Waals surface area contributed by atoms with Crippen LogP contribution in [0.3, 0.4) is 0 Å². The lowest BCUT2D eigenvalue weighted by atomic mass is 9.98. The number of rotatable bonds is 41. The molecule has 0 heterocycles. The Morgan fingerprint density at radius 2 is 0.542 bits per heavy atom. The van der Waals surface area contributed by atoms with E-state index in [0.29, 0.717) is 171 Å². The molecule has 0 bridgehead atoms. The number of benzene rings is 4. The average Bonchev–Trinajstić information content (AvgIpc) is 3.91. The normalized spacial score (nSPS) is 12.6. The number of ether oxygens (including phenoxy) is 13. The van der Waals surface area contributed by atoms with E-state index in [-0.39, 0.29) is 18.4 Å². The Morgan fingerprint density at radius 1 is 0.306 bits per heavy atom. The number of fused-ring (bicyclic) bond motifs is 6. The lowest BCUT2D eigenvalue weighted by Gasteiger charge is -2.14. The molecule has 17 nitrogen and oxygen atoms in total. The van der Waals surface area contributed by atoms with Crippen LogP contribution in [0.4, 0.5) is 9.59 Å². The Balaban J connectivity index is 0.578. The molecule has 17 heteroatoms. The first kappa shape index (κ1) is 56.3. The highest BCUT2D eigenvalue weighted by molar-refractivity contribution is 5.80. The topological polar surface area (TPSA) is 178 Å². The summed E-state index contributed by atoms with van der Waals surface area (Å²) in [6.45, 7) is 11.6. The van der Waals surface area contributed by atoms with E-state index in [9.17, 15) is 9.59 Å². The minimum Gasteiger partial charge on any atom is -0.449 e. The molecular weight excluding hydrogens is 929 g/mol. The van der Waals surface area contributed by atoms with Gasteiger partial charge in [0.1, 0.15) is 13.2 Å². The van der Waals surface area contributed by atoms with Gasteiger partial charge in [-0.3, -0.25) is 0 Å². The van der Waals surface area contributed by atoms with Gasteiger partial charge in [0.15, 0.2) is 0 Å². The molecule has 0 unspecified atom stereocenters. The Labute approximate surface area is 424 Å². The first-order valence-corrected chi connectivity index (χ1v) is 25.2. The minimum atomic E-state index is -0.457. The van der Waals surface area contributed by atoms with Gasteiger partial charge in [0, 0.05) is 31.5 Å². The van der Waals surface area contributed by atoms with Gasteiger partial charge in [-0.15, -0.1) is 0 Å². The van der Waals surface area contributed by atoms with Crippen molar-refractivity contribution >= 4 is 12.2 Å². The van der Waals surface area contributed by atoms with Crippen LogP contribution < -0.4 is 10.6 Å². The molecule has 0 radical (unpaired) electrons. The molecule has 2 amide bonds. The summed E-state index contributed by atoms with van der Waals surface area (Å²) in [6.07, 6.45) is -0.200. The summed E-state index contributed by atoms with van der Waals surface area (Å²) in [5.74, 6) is 0.0725. The highest BCUT2D eigenvalue weighted by Crippen LogP contribution is 2.45. The maximum atomic E-state index is 12.3. The Bertz CT molecular complexity index is 1870. The van der Waals surface area contributed by atoms with E-state index in [0.717, 1.165) is 0 Å². The molecule has 4 aromatic carbocycles. The zero-order valence-electron chi connectivity index (χ0n) is 41.6. The van der Waals surface area contributed by atoms with Crippen molar-refractivity contribution in [2.45, 2.75) is 18.3 Å². The molecular formula is C55H74N2O15. The quantitative estimate of drug-likeness (QED) is 0.0452. The second-order valence-corrected chi connectivity index (χ2v) is 16.6. The third-order valence-corrected chi connectivity index (χ3v) is 11.7. The second kappa shape index (κ2) is 35.2. The number of carbonyl (C=O) groups is 2. The number of amides is 2. The summed E-state index contributed by atoms with van der Waals surface area (Å²) >= 11 is 0. The first-order chi connectivity index (χ1) is 35.7. The van der Waals surface area contributed by atoms with Crippen molar-refractivity contribution in [2.24, 2.45) is 0 Å². The van der Waals surface area contributed by atoms with Gasteiger partial charge in [-0.05, 0) is 50.9 Å². The van der Waals surface area contributed by atoms with Crippen molar-refractivity contribution in [1.29, 1.82) is 0 Å². The van der Waals surface area contributed by atoms with E-state index in [1.165, 1.54) is 44.5 Å². The van der Waals surface area contributed by atoms with Gasteiger partial charge in [0.2, 0.25) is 0 Å². The Kier molecular flexibility index (Phi) is 27.5. The van der Waals surface area contributed by atoms with E-state index in [1.807, 2.05) is 48.5 Å². The van der Waals surface area contributed by atoms with Crippen LogP contribution in [0.2, 0.25) is 0 Å². The summed E-state index contributed by atoms with van der Waals surface area (Å²) in [5, 5.41) is 5.55. The maximum Gasteiger partial charge on any atom is 0.407 e. The molecule has 2 N–H and O–H groups in total. The van der Waals surface area contributed by atoms with Gasteiger partial charge < -0.3 is 72.2 Å². The molecule has 0 fully saturated rings. The molecule has 2 aliphatic rings. The fraction of sp³-hybridized carbons (Fsp3) is 0.527. The molecule has 0 saturated carbocycles. The van der Waals surface area contributed by atoms with E-state index in [1.54, 1.807) is 0 Å². The van der Waals surface area contributed by atoms with Crippen LogP contribution in [0.15, 0.2) is 97.1 Å². The van der Waals surface area contributed by atoms with Gasteiger partial charge in [-0.2, -0.15) is 0 Å². The highest BCUT2D eigenvalue weighted by atomic mass is 16.6. The zero-order valence-corrected chi connectivity index (χ0v) is 41.6. The molecule has 72 heavy (non-hydrogen) atoms. The highest BCUT2D eigenvalue weighted by Gasteiger charge is 2.30. The van der Waals surface area contributed by atoms with Gasteiger partial charge >= 0.3 is 12.2 Å². The number of nitrogens with one attached hydrogen (secondary N) is 2. The lowest BCUT2D eigenvalue weighted by Crippen LogP contribution is -2.29. The predicted molar refractivity (Wildman–Crippen MR) is 270 cm³/mol. The lowest BCUT2D eigenvalue weighted by molar-refractivity contribution is -0.0274. The van der Waals surface area contributed by atoms with E-state index in [4.69, 9.17) is 61.6 Å². The van der Waals surface area contributed by atoms with Crippen LogP contribution in [0.5, 0.6) is 0 Å². The van der Waals surface area contributed by atoms with Crippen molar-refractivity contribution in [3.8, 4) is 22.3 Å². The van der Waals surface area contributed by atoms with Crippen LogP contribution in [0, 0.1) is 0 Å². The smallest absolute Gasteiger partial charge is 0.407 e. The van der Waals surface area contributed by atoms with Crippen molar-refractivity contribution < 1.29 is 71.2 Å². The standard InChI is InChI=1S/C55H74N2O15/c58-54(71-42-52-48-14-5-1-10-44(48)45-11-2-6-15-49(45)52)56-18-9-20-60-22-24-62-26-28-64-30-32-66-34-36-68-38-40-70-41-39-69-37-35-67-33-31-65-29-27-63-25-23-61-21-19-57-55(59)72-43-53-50-16-7-3-12-46(50)47-13-4-8-17-51(47)53/h1-8,10-17,52-53H,9,18-43H2,(H,56,58)(H,57,59). The predicted octanol–water partition coefficient (Wildman–Crippen LogP) is 6.64. The van der Waals surface area contributed by atoms with Gasteiger partial charge in [-0.25, -0.2) is 9.59 Å². The minimum absolute atomic E-state index is 0.0299. The molecule has 2 aliphatic carbocycles. The second-order valence-electron chi connectivity index (χ2n) is 16.6. The monoisotopic (exact) mass is 1000 g/mol. The summed E-state index contributed by atoms with van der Waals surface area (Å²) in [4.78, 5) is 24.6. The fourth-order valence-electron chi connectivity index (χ4n) is 8.19. The zero-order chi connectivity index (χ0) is 49.9. The maximum absolute atomic E-state index is 12.3. The van der Waals surface area contributed by atoms with Crippen LogP contribution in [-0.2, 0) is 61.6 Å². The average molecular weight is 1000 g/mol. The van der Waals surface area contributed by atoms with Crippen LogP contribution in [-0.4, -0.2) is 184 Å². The Hall–Kier alpha value is -5.02. The summed E-state index contributed by atoms with van der Waals surface area (Å²) in [6, 6.07) is 33.1. The summed E-state index contributed by atoms with van der Waals surface area (Å²) in [5.41, 5.74) is 9.55. The number of alkyl carbamates (subject to hydrolysis) is 2. The van der Waals surface area contributed by atoms with Crippen LogP contribution in [0.1, 0.15) is 40.5 Å². The molecule has 0 aromatic heterocycles. The molecule has 0 atom stereocenters. The SMILES string of the molecule is O=C(NCCCOCCOCCOCCOCCOCCOCCOCCOCCOCCOCCOCCNC(=O)OCC1c2ccccc2-c2ccccc21)OCC1c2ccccc2-c2ccccc21. The van der Waals surface area contributed by atoms with E-state index >= 15 is 0 Å². The number of hydrogen-bond acceptors (Lipinski definition) is 15. The molecule has 394 valence electrons. The van der Waals surface area contributed by atoms with Gasteiger partial charge in [0.25, 0.3) is 0 Å². The Morgan fingerprint density at radius 3 is 0.833 bits per heavy atom. The van der Waals surface area contributed by atoms with E-state index < -0.39 is 12.2 Å². The van der Waals surface area contributed by atoms with Crippen molar-refractivity contribution in [2.75, 3.05) is 172 Å². The molecule has 0 aliphatic heterocycles. The first-order valence-electron chi connectivity index (χ1n) is 25.2. The van der Waals surface area contributed by atoms with Crippen molar-refractivity contribution in [1.82, 2.24) is 10.6 Å². The fourth-order valence-corrected chi connectivity index (χ4v) is 8.19. The molecule has 0 saturated heterocycles. The van der Waals surface area contributed by atoms with Crippen LogP contribution in [0.25, 0.3) is 22.3 Å². The van der Waals surface area contributed by atoms with E-state index in [2.05, 4.69) is 59.2 Å². The third-order valence-electron chi connectivity index (χ3n) is 11.7. The third kappa shape index (κ3) is 20.5. The van der Waals surface area contributed by atoms with Gasteiger partial charge in [0.05, 0.1) is 139 Å². The number of hydrogen-bond donors (Lipinski definition) is 2. The largest absolute Gasteiger partial charge is 0.449 e. The van der Waals surface area contributed by atoms with Crippen LogP contribution >= 0.6 is 0 Å².